The smallest absolute Gasteiger partial charge is 0.139 e. The first kappa shape index (κ1) is 11.0. The van der Waals surface area contributed by atoms with Crippen molar-refractivity contribution in [2.75, 3.05) is 17.6 Å². The van der Waals surface area contributed by atoms with Gasteiger partial charge in [-0.1, -0.05) is 12.2 Å². The fraction of sp³-hybridized carbons (Fsp3) is 0.200. The van der Waals surface area contributed by atoms with Crippen LogP contribution in [-0.4, -0.2) is 6.54 Å². The van der Waals surface area contributed by atoms with E-state index in [0.29, 0.717) is 22.4 Å². The normalized spacial score (nSPS) is 9.93. The lowest BCUT2D eigenvalue weighted by Crippen LogP contribution is -2.05. The molecule has 2 nitrogen and oxygen atoms in total. The maximum absolute atomic E-state index is 13.0. The standard InChI is InChI=1S/C10H12BrFN2/c1-6(2)5-14-10-3-7(11)8(12)4-9(10)13/h3-4,14H,1,5,13H2,2H3. The molecule has 0 saturated carbocycles. The lowest BCUT2D eigenvalue weighted by molar-refractivity contribution is 0.622. The summed E-state index contributed by atoms with van der Waals surface area (Å²) >= 11 is 3.09. The fourth-order valence-corrected chi connectivity index (χ4v) is 1.30. The van der Waals surface area contributed by atoms with Crippen molar-refractivity contribution in [1.82, 2.24) is 0 Å². The summed E-state index contributed by atoms with van der Waals surface area (Å²) in [6, 6.07) is 2.90. The molecular formula is C10H12BrFN2. The van der Waals surface area contributed by atoms with E-state index in [9.17, 15) is 4.39 Å². The zero-order valence-electron chi connectivity index (χ0n) is 7.90. The summed E-state index contributed by atoms with van der Waals surface area (Å²) in [7, 11) is 0. The Kier molecular flexibility index (Phi) is 3.52. The Morgan fingerprint density at radius 3 is 2.86 bits per heavy atom. The van der Waals surface area contributed by atoms with Crippen LogP contribution in [-0.2, 0) is 0 Å². The highest BCUT2D eigenvalue weighted by atomic mass is 79.9. The Balaban J connectivity index is 2.87. The predicted molar refractivity (Wildman–Crippen MR) is 61.8 cm³/mol. The van der Waals surface area contributed by atoms with Crippen molar-refractivity contribution in [1.29, 1.82) is 0 Å². The molecule has 0 atom stereocenters. The lowest BCUT2D eigenvalue weighted by Gasteiger charge is -2.09. The summed E-state index contributed by atoms with van der Waals surface area (Å²) in [5, 5.41) is 3.06. The van der Waals surface area contributed by atoms with E-state index < -0.39 is 0 Å². The van der Waals surface area contributed by atoms with Crippen LogP contribution in [0.3, 0.4) is 0 Å². The van der Waals surface area contributed by atoms with Crippen LogP contribution in [0.2, 0.25) is 0 Å². The van der Waals surface area contributed by atoms with Crippen LogP contribution >= 0.6 is 15.9 Å². The highest BCUT2D eigenvalue weighted by Crippen LogP contribution is 2.26. The van der Waals surface area contributed by atoms with Crippen LogP contribution in [0.1, 0.15) is 6.92 Å². The van der Waals surface area contributed by atoms with Gasteiger partial charge < -0.3 is 11.1 Å². The Labute approximate surface area is 91.1 Å². The van der Waals surface area contributed by atoms with Gasteiger partial charge in [0.25, 0.3) is 0 Å². The predicted octanol–water partition coefficient (Wildman–Crippen LogP) is 3.16. The zero-order valence-corrected chi connectivity index (χ0v) is 9.49. The zero-order chi connectivity index (χ0) is 10.7. The lowest BCUT2D eigenvalue weighted by atomic mass is 10.2. The molecule has 0 saturated heterocycles. The van der Waals surface area contributed by atoms with Gasteiger partial charge in [0, 0.05) is 12.6 Å². The number of rotatable bonds is 3. The van der Waals surface area contributed by atoms with Gasteiger partial charge in [0.2, 0.25) is 0 Å². The minimum atomic E-state index is -0.358. The number of nitrogen functional groups attached to an aromatic ring is 1. The third kappa shape index (κ3) is 2.73. The van der Waals surface area contributed by atoms with E-state index in [4.69, 9.17) is 5.73 Å². The molecule has 0 fully saturated rings. The molecular weight excluding hydrogens is 247 g/mol. The van der Waals surface area contributed by atoms with Crippen molar-refractivity contribution in [3.63, 3.8) is 0 Å². The van der Waals surface area contributed by atoms with Crippen LogP contribution < -0.4 is 11.1 Å². The maximum atomic E-state index is 13.0. The van der Waals surface area contributed by atoms with Crippen LogP contribution in [0, 0.1) is 5.82 Å². The van der Waals surface area contributed by atoms with E-state index >= 15 is 0 Å². The SMILES string of the molecule is C=C(C)CNc1cc(Br)c(F)cc1N. The number of hydrogen-bond donors (Lipinski definition) is 2. The Morgan fingerprint density at radius 1 is 1.64 bits per heavy atom. The molecule has 0 aromatic heterocycles. The summed E-state index contributed by atoms with van der Waals surface area (Å²) in [5.74, 6) is -0.358. The molecule has 0 radical (unpaired) electrons. The summed E-state index contributed by atoms with van der Waals surface area (Å²) < 4.78 is 13.4. The van der Waals surface area contributed by atoms with Crippen molar-refractivity contribution in [3.05, 3.63) is 34.6 Å². The maximum Gasteiger partial charge on any atom is 0.139 e. The average Bonchev–Trinajstić information content (AvgIpc) is 2.09. The molecule has 0 aliphatic heterocycles. The number of benzene rings is 1. The van der Waals surface area contributed by atoms with Crippen LogP contribution in [0.15, 0.2) is 28.8 Å². The molecule has 76 valence electrons. The van der Waals surface area contributed by atoms with Crippen molar-refractivity contribution in [2.24, 2.45) is 0 Å². The van der Waals surface area contributed by atoms with E-state index in [2.05, 4.69) is 27.8 Å². The molecule has 4 heteroatoms. The first-order valence-electron chi connectivity index (χ1n) is 4.13. The van der Waals surface area contributed by atoms with Crippen LogP contribution in [0.5, 0.6) is 0 Å². The van der Waals surface area contributed by atoms with E-state index in [-0.39, 0.29) is 5.82 Å². The first-order valence-corrected chi connectivity index (χ1v) is 4.92. The fourth-order valence-electron chi connectivity index (χ4n) is 0.961. The number of nitrogens with one attached hydrogen (secondary N) is 1. The van der Waals surface area contributed by atoms with Gasteiger partial charge in [0.15, 0.2) is 0 Å². The molecule has 0 amide bonds. The van der Waals surface area contributed by atoms with Crippen LogP contribution in [0.4, 0.5) is 15.8 Å². The number of anilines is 2. The van der Waals surface area contributed by atoms with Gasteiger partial charge in [-0.15, -0.1) is 0 Å². The van der Waals surface area contributed by atoms with Crippen molar-refractivity contribution in [2.45, 2.75) is 6.92 Å². The highest BCUT2D eigenvalue weighted by molar-refractivity contribution is 9.10. The van der Waals surface area contributed by atoms with Gasteiger partial charge in [0.05, 0.1) is 15.8 Å². The number of nitrogens with two attached hydrogens (primary N) is 1. The molecule has 0 bridgehead atoms. The van der Waals surface area contributed by atoms with E-state index in [1.54, 1.807) is 6.07 Å². The second-order valence-electron chi connectivity index (χ2n) is 3.16. The van der Waals surface area contributed by atoms with Gasteiger partial charge in [-0.2, -0.15) is 0 Å². The van der Waals surface area contributed by atoms with Crippen LogP contribution in [0.25, 0.3) is 0 Å². The largest absolute Gasteiger partial charge is 0.397 e. The Morgan fingerprint density at radius 2 is 2.29 bits per heavy atom. The quantitative estimate of drug-likeness (QED) is 0.646. The summed E-state index contributed by atoms with van der Waals surface area (Å²) in [4.78, 5) is 0. The molecule has 0 spiro atoms. The summed E-state index contributed by atoms with van der Waals surface area (Å²) in [6.07, 6.45) is 0. The van der Waals surface area contributed by atoms with Crippen molar-refractivity contribution >= 4 is 27.3 Å². The summed E-state index contributed by atoms with van der Waals surface area (Å²) in [6.45, 7) is 6.28. The molecule has 0 unspecified atom stereocenters. The van der Waals surface area contributed by atoms with Gasteiger partial charge in [0.1, 0.15) is 5.82 Å². The highest BCUT2D eigenvalue weighted by Gasteiger charge is 2.04. The second-order valence-corrected chi connectivity index (χ2v) is 4.02. The van der Waals surface area contributed by atoms with E-state index in [1.165, 1.54) is 6.07 Å². The average molecular weight is 259 g/mol. The van der Waals surface area contributed by atoms with Crippen molar-refractivity contribution < 1.29 is 4.39 Å². The van der Waals surface area contributed by atoms with E-state index in [1.807, 2.05) is 6.92 Å². The molecule has 0 heterocycles. The number of hydrogen-bond acceptors (Lipinski definition) is 2. The monoisotopic (exact) mass is 258 g/mol. The third-order valence-electron chi connectivity index (χ3n) is 1.67. The molecule has 1 aromatic carbocycles. The van der Waals surface area contributed by atoms with Crippen molar-refractivity contribution in [3.8, 4) is 0 Å². The minimum absolute atomic E-state index is 0.358. The minimum Gasteiger partial charge on any atom is -0.397 e. The van der Waals surface area contributed by atoms with Gasteiger partial charge >= 0.3 is 0 Å². The molecule has 0 aliphatic rings. The molecule has 3 N–H and O–H groups in total. The first-order chi connectivity index (χ1) is 6.50. The molecule has 1 aromatic rings. The van der Waals surface area contributed by atoms with Gasteiger partial charge in [-0.25, -0.2) is 4.39 Å². The van der Waals surface area contributed by atoms with Gasteiger partial charge in [-0.3, -0.25) is 0 Å². The Hall–Kier alpha value is -1.03. The van der Waals surface area contributed by atoms with Gasteiger partial charge in [-0.05, 0) is 28.9 Å². The second kappa shape index (κ2) is 4.46. The Bertz CT molecular complexity index is 363. The molecule has 14 heavy (non-hydrogen) atoms. The molecule has 0 aliphatic carbocycles. The number of halogens is 2. The third-order valence-corrected chi connectivity index (χ3v) is 2.28. The summed E-state index contributed by atoms with van der Waals surface area (Å²) in [5.41, 5.74) is 7.72. The molecule has 1 rings (SSSR count). The topological polar surface area (TPSA) is 38.0 Å². The van der Waals surface area contributed by atoms with E-state index in [0.717, 1.165) is 5.57 Å².